The van der Waals surface area contributed by atoms with Crippen molar-refractivity contribution in [1.29, 1.82) is 0 Å². The quantitative estimate of drug-likeness (QED) is 0.737. The highest BCUT2D eigenvalue weighted by Crippen LogP contribution is 2.24. The zero-order valence-corrected chi connectivity index (χ0v) is 13.8. The number of hydrogen-bond donors (Lipinski definition) is 1. The highest BCUT2D eigenvalue weighted by Gasteiger charge is 2.14. The molecule has 1 aromatic carbocycles. The molecule has 24 heavy (non-hydrogen) atoms. The molecule has 0 fully saturated rings. The molecule has 8 nitrogen and oxygen atoms in total. The summed E-state index contributed by atoms with van der Waals surface area (Å²) in [5, 5.41) is 0.225. The molecule has 0 saturated carbocycles. The minimum Gasteiger partial charge on any atom is -0.307 e. The average molecular weight is 346 g/mol. The molecule has 3 aromatic rings. The fourth-order valence-corrected chi connectivity index (χ4v) is 3.21. The molecular formula is C15H14N4O4S. The Hall–Kier alpha value is -2.81. The predicted molar refractivity (Wildman–Crippen MR) is 89.4 cm³/mol. The van der Waals surface area contributed by atoms with Crippen molar-refractivity contribution >= 4 is 20.7 Å². The molecule has 2 aromatic heterocycles. The van der Waals surface area contributed by atoms with Crippen molar-refractivity contribution in [3.8, 4) is 11.1 Å². The second-order valence-electron chi connectivity index (χ2n) is 5.56. The van der Waals surface area contributed by atoms with Crippen LogP contribution in [0.2, 0.25) is 0 Å². The topological polar surface area (TPSA) is 115 Å². The maximum absolute atomic E-state index is 12.6. The van der Waals surface area contributed by atoms with Gasteiger partial charge in [-0.25, -0.2) is 27.7 Å². The van der Waals surface area contributed by atoms with Gasteiger partial charge in [-0.2, -0.15) is 0 Å². The summed E-state index contributed by atoms with van der Waals surface area (Å²) in [6.45, 7) is 1.84. The Bertz CT molecular complexity index is 1150. The number of nitrogens with one attached hydrogen (secondary N) is 1. The van der Waals surface area contributed by atoms with Gasteiger partial charge in [0.2, 0.25) is 0 Å². The zero-order chi connectivity index (χ0) is 17.5. The molecule has 0 aliphatic carbocycles. The van der Waals surface area contributed by atoms with Gasteiger partial charge >= 0.3 is 5.69 Å². The van der Waals surface area contributed by atoms with Crippen molar-refractivity contribution in [2.45, 2.75) is 12.8 Å². The van der Waals surface area contributed by atoms with Crippen molar-refractivity contribution < 1.29 is 8.42 Å². The highest BCUT2D eigenvalue weighted by atomic mass is 32.2. The molecule has 0 amide bonds. The van der Waals surface area contributed by atoms with Gasteiger partial charge in [-0.15, -0.1) is 0 Å². The molecule has 1 N–H and O–H groups in total. The second-order valence-corrected chi connectivity index (χ2v) is 7.67. The molecule has 2 heterocycles. The molecule has 124 valence electrons. The number of H-pyrrole nitrogens is 1. The third kappa shape index (κ3) is 2.98. The first-order valence-corrected chi connectivity index (χ1v) is 9.03. The van der Waals surface area contributed by atoms with E-state index in [4.69, 9.17) is 0 Å². The van der Waals surface area contributed by atoms with E-state index in [1.165, 1.54) is 6.33 Å². The first-order chi connectivity index (χ1) is 11.3. The van der Waals surface area contributed by atoms with Gasteiger partial charge in [-0.05, 0) is 30.2 Å². The Labute approximate surface area is 136 Å². The van der Waals surface area contributed by atoms with Crippen LogP contribution in [0.5, 0.6) is 0 Å². The second kappa shape index (κ2) is 5.68. The number of aromatic nitrogens is 4. The number of benzene rings is 1. The summed E-state index contributed by atoms with van der Waals surface area (Å²) in [6, 6.07) is 3.28. The smallest absolute Gasteiger partial charge is 0.307 e. The lowest BCUT2D eigenvalue weighted by atomic mass is 10.0. The average Bonchev–Trinajstić information content (AvgIpc) is 2.51. The summed E-state index contributed by atoms with van der Waals surface area (Å²) in [6.07, 6.45) is 5.59. The van der Waals surface area contributed by atoms with Gasteiger partial charge in [0.25, 0.3) is 5.56 Å². The minimum atomic E-state index is -3.54. The van der Waals surface area contributed by atoms with Gasteiger partial charge in [-0.1, -0.05) is 0 Å². The van der Waals surface area contributed by atoms with Gasteiger partial charge in [0.1, 0.15) is 12.2 Å². The molecule has 0 spiro atoms. The molecule has 0 saturated heterocycles. The van der Waals surface area contributed by atoms with Crippen LogP contribution in [0, 0.1) is 6.92 Å². The number of aromatic amines is 1. The first-order valence-electron chi connectivity index (χ1n) is 6.97. The molecule has 0 bridgehead atoms. The predicted octanol–water partition coefficient (Wildman–Crippen LogP) is 0.457. The number of nitrogens with zero attached hydrogens (tertiary/aromatic N) is 3. The summed E-state index contributed by atoms with van der Waals surface area (Å²) in [4.78, 5) is 35.0. The molecule has 0 atom stereocenters. The Kier molecular flexibility index (Phi) is 3.80. The third-order valence-corrected chi connectivity index (χ3v) is 4.29. The van der Waals surface area contributed by atoms with Gasteiger partial charge in [0.15, 0.2) is 9.84 Å². The Balaban J connectivity index is 2.33. The highest BCUT2D eigenvalue weighted by molar-refractivity contribution is 7.89. The molecule has 9 heteroatoms. The number of sulfone groups is 1. The van der Waals surface area contributed by atoms with Crippen molar-refractivity contribution in [2.75, 3.05) is 6.26 Å². The van der Waals surface area contributed by atoms with Crippen molar-refractivity contribution in [2.24, 2.45) is 0 Å². The van der Waals surface area contributed by atoms with Gasteiger partial charge in [0, 0.05) is 24.2 Å². The molecule has 0 aliphatic rings. The first kappa shape index (κ1) is 16.1. The maximum atomic E-state index is 12.6. The van der Waals surface area contributed by atoms with Crippen LogP contribution in [-0.2, 0) is 15.7 Å². The summed E-state index contributed by atoms with van der Waals surface area (Å²) >= 11 is 0. The van der Waals surface area contributed by atoms with Crippen molar-refractivity contribution in [1.82, 2.24) is 19.5 Å². The third-order valence-electron chi connectivity index (χ3n) is 3.56. The normalized spacial score (nSPS) is 11.8. The van der Waals surface area contributed by atoms with Crippen LogP contribution in [0.1, 0.15) is 5.56 Å². The largest absolute Gasteiger partial charge is 0.329 e. The number of fused-ring (bicyclic) bond motifs is 1. The van der Waals surface area contributed by atoms with Crippen LogP contribution < -0.4 is 11.2 Å². The zero-order valence-electron chi connectivity index (χ0n) is 13.0. The fraction of sp³-hybridized carbons (Fsp3) is 0.200. The van der Waals surface area contributed by atoms with E-state index in [0.29, 0.717) is 10.1 Å². The van der Waals surface area contributed by atoms with Gasteiger partial charge in [-0.3, -0.25) is 4.79 Å². The van der Waals surface area contributed by atoms with Crippen LogP contribution in [0.15, 0.2) is 40.4 Å². The summed E-state index contributed by atoms with van der Waals surface area (Å²) < 4.78 is 23.6. The Morgan fingerprint density at radius 1 is 1.17 bits per heavy atom. The number of aryl methyl sites for hydroxylation is 1. The molecule has 0 radical (unpaired) electrons. The monoisotopic (exact) mass is 346 g/mol. The van der Waals surface area contributed by atoms with Crippen LogP contribution in [0.4, 0.5) is 0 Å². The molecule has 0 aliphatic heterocycles. The minimum absolute atomic E-state index is 0.225. The molecule has 3 rings (SSSR count). The van der Waals surface area contributed by atoms with Gasteiger partial charge in [0.05, 0.1) is 10.9 Å². The number of rotatable bonds is 3. The van der Waals surface area contributed by atoms with Crippen LogP contribution in [-0.4, -0.2) is 34.2 Å². The maximum Gasteiger partial charge on any atom is 0.329 e. The molecular weight excluding hydrogens is 332 g/mol. The van der Waals surface area contributed by atoms with E-state index >= 15 is 0 Å². The lowest BCUT2D eigenvalue weighted by Crippen LogP contribution is -2.37. The van der Waals surface area contributed by atoms with E-state index in [2.05, 4.69) is 15.0 Å². The summed E-state index contributed by atoms with van der Waals surface area (Å²) in [5.41, 5.74) is 1.22. The van der Waals surface area contributed by atoms with E-state index < -0.39 is 27.0 Å². The Morgan fingerprint density at radius 2 is 1.83 bits per heavy atom. The van der Waals surface area contributed by atoms with Crippen molar-refractivity contribution in [3.63, 3.8) is 0 Å². The lowest BCUT2D eigenvalue weighted by molar-refractivity contribution is 0.584. The summed E-state index contributed by atoms with van der Waals surface area (Å²) in [7, 11) is -3.54. The number of hydrogen-bond acceptors (Lipinski definition) is 6. The Morgan fingerprint density at radius 3 is 2.46 bits per heavy atom. The van der Waals surface area contributed by atoms with E-state index in [-0.39, 0.29) is 5.39 Å². The van der Waals surface area contributed by atoms with Crippen LogP contribution in [0.25, 0.3) is 22.0 Å². The van der Waals surface area contributed by atoms with E-state index in [1.807, 2.05) is 6.92 Å². The fourth-order valence-electron chi connectivity index (χ4n) is 2.51. The van der Waals surface area contributed by atoms with Crippen LogP contribution in [0.3, 0.4) is 0 Å². The van der Waals surface area contributed by atoms with E-state index in [1.54, 1.807) is 24.5 Å². The lowest BCUT2D eigenvalue weighted by Gasteiger charge is -2.09. The molecule has 0 unspecified atom stereocenters. The van der Waals surface area contributed by atoms with E-state index in [0.717, 1.165) is 22.9 Å². The summed E-state index contributed by atoms with van der Waals surface area (Å²) in [5.74, 6) is -0.672. The van der Waals surface area contributed by atoms with Gasteiger partial charge < -0.3 is 4.98 Å². The SMILES string of the molecule is Cc1cc2[nH]c(=O)n(CS(C)(=O)=O)c(=O)c2cc1-c1cncnc1. The van der Waals surface area contributed by atoms with E-state index in [9.17, 15) is 18.0 Å². The van der Waals surface area contributed by atoms with Crippen molar-refractivity contribution in [3.05, 3.63) is 57.3 Å². The standard InChI is InChI=1S/C15H14N4O4S/c1-9-3-13-12(4-11(9)10-5-16-7-17-6-10)14(20)19(15(21)18-13)8-24(2,22)23/h3-7H,8H2,1-2H3,(H,18,21). The van der Waals surface area contributed by atoms with Crippen LogP contribution >= 0.6 is 0 Å².